The standard InChI is InChI=1S/C20H24N2O3/c1-3-22(20(23)19(21)15-10-8-14(2)9-11-15)12-16-13-24-17-6-4-5-7-18(17)25-16/h4-11,16,19H,3,12-13,21H2,1-2H3. The third-order valence-corrected chi connectivity index (χ3v) is 4.39. The van der Waals surface area contributed by atoms with Crippen molar-refractivity contribution in [1.82, 2.24) is 4.90 Å². The van der Waals surface area contributed by atoms with Gasteiger partial charge in [0.05, 0.1) is 6.54 Å². The number of hydrogen-bond acceptors (Lipinski definition) is 4. The lowest BCUT2D eigenvalue weighted by atomic mass is 10.0. The van der Waals surface area contributed by atoms with E-state index in [1.165, 1.54) is 0 Å². The minimum atomic E-state index is -0.669. The van der Waals surface area contributed by atoms with Crippen LogP contribution in [0.4, 0.5) is 0 Å². The second kappa shape index (κ2) is 7.57. The van der Waals surface area contributed by atoms with Crippen molar-refractivity contribution >= 4 is 5.91 Å². The summed E-state index contributed by atoms with van der Waals surface area (Å²) in [5, 5.41) is 0. The maximum atomic E-state index is 12.8. The molecule has 0 bridgehead atoms. The second-order valence-corrected chi connectivity index (χ2v) is 6.26. The van der Waals surface area contributed by atoms with E-state index in [4.69, 9.17) is 15.2 Å². The molecule has 132 valence electrons. The van der Waals surface area contributed by atoms with Crippen LogP contribution in [0.5, 0.6) is 11.5 Å². The summed E-state index contributed by atoms with van der Waals surface area (Å²) in [6.45, 7) is 5.38. The van der Waals surface area contributed by atoms with Crippen LogP contribution in [0.3, 0.4) is 0 Å². The molecule has 2 atom stereocenters. The molecule has 0 aromatic heterocycles. The molecule has 2 aromatic rings. The molecule has 0 fully saturated rings. The molecule has 5 nitrogen and oxygen atoms in total. The zero-order valence-electron chi connectivity index (χ0n) is 14.6. The predicted molar refractivity (Wildman–Crippen MR) is 96.7 cm³/mol. The van der Waals surface area contributed by atoms with Crippen LogP contribution in [0, 0.1) is 6.92 Å². The van der Waals surface area contributed by atoms with Gasteiger partial charge in [-0.05, 0) is 31.5 Å². The summed E-state index contributed by atoms with van der Waals surface area (Å²) < 4.78 is 11.7. The number of hydrogen-bond donors (Lipinski definition) is 1. The van der Waals surface area contributed by atoms with Crippen LogP contribution in [0.25, 0.3) is 0 Å². The van der Waals surface area contributed by atoms with Gasteiger partial charge in [0.15, 0.2) is 17.6 Å². The van der Waals surface area contributed by atoms with Gasteiger partial charge >= 0.3 is 0 Å². The fourth-order valence-electron chi connectivity index (χ4n) is 2.89. The van der Waals surface area contributed by atoms with E-state index in [2.05, 4.69) is 0 Å². The quantitative estimate of drug-likeness (QED) is 0.909. The van der Waals surface area contributed by atoms with Crippen LogP contribution in [0.1, 0.15) is 24.1 Å². The van der Waals surface area contributed by atoms with Crippen molar-refractivity contribution in [2.24, 2.45) is 5.73 Å². The van der Waals surface area contributed by atoms with E-state index >= 15 is 0 Å². The Balaban J connectivity index is 1.66. The predicted octanol–water partition coefficient (Wildman–Crippen LogP) is 2.68. The molecule has 0 spiro atoms. The third-order valence-electron chi connectivity index (χ3n) is 4.39. The first-order valence-corrected chi connectivity index (χ1v) is 8.58. The summed E-state index contributed by atoms with van der Waals surface area (Å²) in [6.07, 6.45) is -0.205. The summed E-state index contributed by atoms with van der Waals surface area (Å²) in [5.41, 5.74) is 8.14. The molecule has 25 heavy (non-hydrogen) atoms. The van der Waals surface area contributed by atoms with Gasteiger partial charge in [0, 0.05) is 6.54 Å². The third kappa shape index (κ3) is 3.94. The molecular weight excluding hydrogens is 316 g/mol. The number of para-hydroxylation sites is 2. The number of benzene rings is 2. The van der Waals surface area contributed by atoms with Gasteiger partial charge in [-0.15, -0.1) is 0 Å². The number of fused-ring (bicyclic) bond motifs is 1. The van der Waals surface area contributed by atoms with Crippen molar-refractivity contribution in [3.05, 3.63) is 59.7 Å². The van der Waals surface area contributed by atoms with E-state index in [1.807, 2.05) is 62.4 Å². The monoisotopic (exact) mass is 340 g/mol. The Hall–Kier alpha value is -2.53. The zero-order chi connectivity index (χ0) is 17.8. The first-order valence-electron chi connectivity index (χ1n) is 8.58. The first kappa shape index (κ1) is 17.3. The molecular formula is C20H24N2O3. The molecule has 0 saturated heterocycles. The van der Waals surface area contributed by atoms with Gasteiger partial charge in [-0.2, -0.15) is 0 Å². The molecule has 0 radical (unpaired) electrons. The molecule has 0 aliphatic carbocycles. The van der Waals surface area contributed by atoms with Gasteiger partial charge < -0.3 is 20.1 Å². The zero-order valence-corrected chi connectivity index (χ0v) is 14.6. The maximum absolute atomic E-state index is 12.8. The van der Waals surface area contributed by atoms with E-state index in [1.54, 1.807) is 4.90 Å². The number of carbonyl (C=O) groups is 1. The van der Waals surface area contributed by atoms with Gasteiger partial charge in [-0.1, -0.05) is 42.0 Å². The van der Waals surface area contributed by atoms with Gasteiger partial charge in [0.25, 0.3) is 0 Å². The van der Waals surface area contributed by atoms with E-state index in [0.29, 0.717) is 25.4 Å². The van der Waals surface area contributed by atoms with Crippen LogP contribution in [-0.2, 0) is 4.79 Å². The van der Waals surface area contributed by atoms with Crippen molar-refractivity contribution in [3.8, 4) is 11.5 Å². The molecule has 3 rings (SSSR count). The Morgan fingerprint density at radius 1 is 1.20 bits per heavy atom. The van der Waals surface area contributed by atoms with E-state index in [0.717, 1.165) is 16.9 Å². The van der Waals surface area contributed by atoms with Crippen molar-refractivity contribution in [3.63, 3.8) is 0 Å². The molecule has 1 heterocycles. The number of nitrogens with two attached hydrogens (primary N) is 1. The number of rotatable bonds is 5. The smallest absolute Gasteiger partial charge is 0.244 e. The van der Waals surface area contributed by atoms with Crippen LogP contribution >= 0.6 is 0 Å². The SMILES string of the molecule is CCN(CC1COc2ccccc2O1)C(=O)C(N)c1ccc(C)cc1. The number of ether oxygens (including phenoxy) is 2. The van der Waals surface area contributed by atoms with Gasteiger partial charge in [-0.3, -0.25) is 4.79 Å². The molecule has 0 saturated carbocycles. The fraction of sp³-hybridized carbons (Fsp3) is 0.350. The lowest BCUT2D eigenvalue weighted by molar-refractivity contribution is -0.134. The van der Waals surface area contributed by atoms with E-state index in [-0.39, 0.29) is 12.0 Å². The van der Waals surface area contributed by atoms with Gasteiger partial charge in [0.2, 0.25) is 5.91 Å². The second-order valence-electron chi connectivity index (χ2n) is 6.26. The Bertz CT molecular complexity index is 730. The molecule has 1 aliphatic rings. The molecule has 2 N–H and O–H groups in total. The Labute approximate surface area is 148 Å². The summed E-state index contributed by atoms with van der Waals surface area (Å²) >= 11 is 0. The molecule has 2 aromatic carbocycles. The lowest BCUT2D eigenvalue weighted by Gasteiger charge is -2.32. The van der Waals surface area contributed by atoms with Crippen molar-refractivity contribution in [2.45, 2.75) is 26.0 Å². The van der Waals surface area contributed by atoms with Crippen LogP contribution in [0.2, 0.25) is 0 Å². The topological polar surface area (TPSA) is 64.8 Å². The minimum Gasteiger partial charge on any atom is -0.486 e. The van der Waals surface area contributed by atoms with Gasteiger partial charge in [0.1, 0.15) is 12.6 Å². The largest absolute Gasteiger partial charge is 0.486 e. The number of likely N-dealkylation sites (N-methyl/N-ethyl adjacent to an activating group) is 1. The number of aryl methyl sites for hydroxylation is 1. The Morgan fingerprint density at radius 2 is 1.88 bits per heavy atom. The summed E-state index contributed by atoms with van der Waals surface area (Å²) in [4.78, 5) is 14.5. The highest BCUT2D eigenvalue weighted by atomic mass is 16.6. The van der Waals surface area contributed by atoms with Crippen molar-refractivity contribution in [2.75, 3.05) is 19.7 Å². The first-order chi connectivity index (χ1) is 12.1. The summed E-state index contributed by atoms with van der Waals surface area (Å²) in [6, 6.07) is 14.6. The Morgan fingerprint density at radius 3 is 2.56 bits per heavy atom. The minimum absolute atomic E-state index is 0.103. The fourth-order valence-corrected chi connectivity index (χ4v) is 2.89. The normalized spacial score (nSPS) is 17.0. The van der Waals surface area contributed by atoms with Crippen LogP contribution in [-0.4, -0.2) is 36.6 Å². The molecule has 2 unspecified atom stereocenters. The van der Waals surface area contributed by atoms with Crippen molar-refractivity contribution in [1.29, 1.82) is 0 Å². The van der Waals surface area contributed by atoms with Gasteiger partial charge in [-0.25, -0.2) is 0 Å². The number of amides is 1. The maximum Gasteiger partial charge on any atom is 0.244 e. The Kier molecular flexibility index (Phi) is 5.24. The lowest BCUT2D eigenvalue weighted by Crippen LogP contribution is -2.46. The molecule has 5 heteroatoms. The van der Waals surface area contributed by atoms with E-state index < -0.39 is 6.04 Å². The highest BCUT2D eigenvalue weighted by Gasteiger charge is 2.27. The van der Waals surface area contributed by atoms with Crippen molar-refractivity contribution < 1.29 is 14.3 Å². The number of nitrogens with zero attached hydrogens (tertiary/aromatic N) is 1. The summed E-state index contributed by atoms with van der Waals surface area (Å²) in [5.74, 6) is 1.35. The highest BCUT2D eigenvalue weighted by molar-refractivity contribution is 5.83. The van der Waals surface area contributed by atoms with Crippen LogP contribution < -0.4 is 15.2 Å². The number of carbonyl (C=O) groups excluding carboxylic acids is 1. The average Bonchev–Trinajstić information content (AvgIpc) is 2.65. The highest BCUT2D eigenvalue weighted by Crippen LogP contribution is 2.31. The average molecular weight is 340 g/mol. The summed E-state index contributed by atoms with van der Waals surface area (Å²) in [7, 11) is 0. The van der Waals surface area contributed by atoms with Crippen LogP contribution in [0.15, 0.2) is 48.5 Å². The van der Waals surface area contributed by atoms with E-state index in [9.17, 15) is 4.79 Å². The molecule has 1 aliphatic heterocycles. The molecule has 1 amide bonds.